The van der Waals surface area contributed by atoms with Gasteiger partial charge >= 0.3 is 7.82 Å². The summed E-state index contributed by atoms with van der Waals surface area (Å²) in [5.74, 6) is 0.999. The molecule has 0 aliphatic carbocycles. The maximum Gasteiger partial charge on any atom is 0.474 e. The number of amides is 1. The van der Waals surface area contributed by atoms with Crippen LogP contribution in [0.1, 0.15) is 39.5 Å². The molecule has 28 heavy (non-hydrogen) atoms. The minimum atomic E-state index is -3.36. The lowest BCUT2D eigenvalue weighted by molar-refractivity contribution is -0.121. The summed E-state index contributed by atoms with van der Waals surface area (Å²) < 4.78 is 36.5. The van der Waals surface area contributed by atoms with Gasteiger partial charge in [-0.1, -0.05) is 21.6 Å². The molecule has 0 saturated carbocycles. The third-order valence-electron chi connectivity index (χ3n) is 3.56. The number of nitrogens with one attached hydrogen (secondary N) is 1. The summed E-state index contributed by atoms with van der Waals surface area (Å²) in [5.41, 5.74) is 0. The molecule has 0 unspecified atom stereocenters. The van der Waals surface area contributed by atoms with Gasteiger partial charge in [0.2, 0.25) is 5.91 Å². The highest BCUT2D eigenvalue weighted by Gasteiger charge is 2.22. The second-order valence-corrected chi connectivity index (χ2v) is 11.5. The Labute approximate surface area is 177 Å². The van der Waals surface area contributed by atoms with Crippen LogP contribution in [0.25, 0.3) is 0 Å². The van der Waals surface area contributed by atoms with Crippen molar-refractivity contribution in [2.75, 3.05) is 60.1 Å². The minimum Gasteiger partial charge on any atom is -0.382 e. The Hall–Kier alpha value is 0.200. The first-order chi connectivity index (χ1) is 13.3. The zero-order valence-electron chi connectivity index (χ0n) is 17.7. The van der Waals surface area contributed by atoms with E-state index in [9.17, 15) is 9.36 Å². The first kappa shape index (κ1) is 28.2. The van der Waals surface area contributed by atoms with E-state index in [0.29, 0.717) is 39.4 Å². The normalized spacial score (nSPS) is 12.3. The van der Waals surface area contributed by atoms with E-state index in [2.05, 4.69) is 19.2 Å². The molecule has 11 heteroatoms. The molecule has 1 amide bonds. The molecule has 0 aliphatic rings. The Kier molecular flexibility index (Phi) is 17.1. The molecule has 0 bridgehead atoms. The van der Waals surface area contributed by atoms with E-state index in [4.69, 9.17) is 23.0 Å². The SMILES string of the molecule is COCCOCCNC(=O)CCC(C)(C)SSCCCCOP(=O)(OC)OC. The van der Waals surface area contributed by atoms with Crippen LogP contribution < -0.4 is 5.32 Å². The van der Waals surface area contributed by atoms with Gasteiger partial charge in [-0.3, -0.25) is 18.4 Å². The summed E-state index contributed by atoms with van der Waals surface area (Å²) >= 11 is 0. The average molecular weight is 462 g/mol. The largest absolute Gasteiger partial charge is 0.474 e. The minimum absolute atomic E-state index is 0.00920. The number of rotatable bonds is 19. The summed E-state index contributed by atoms with van der Waals surface area (Å²) in [6.45, 7) is 6.74. The van der Waals surface area contributed by atoms with Gasteiger partial charge in [-0.15, -0.1) is 0 Å². The molecule has 1 N–H and O–H groups in total. The van der Waals surface area contributed by atoms with Crippen LogP contribution in [0.3, 0.4) is 0 Å². The molecule has 0 aromatic rings. The van der Waals surface area contributed by atoms with Crippen LogP contribution in [-0.2, 0) is 32.4 Å². The van der Waals surface area contributed by atoms with Crippen LogP contribution in [0.15, 0.2) is 0 Å². The molecule has 0 fully saturated rings. The number of hydrogen-bond donors (Lipinski definition) is 1. The molecular weight excluding hydrogens is 425 g/mol. The molecule has 0 aromatic carbocycles. The monoisotopic (exact) mass is 461 g/mol. The fourth-order valence-corrected chi connectivity index (χ4v) is 5.31. The third-order valence-corrected chi connectivity index (χ3v) is 8.39. The summed E-state index contributed by atoms with van der Waals surface area (Å²) in [7, 11) is 4.43. The topological polar surface area (TPSA) is 92.3 Å². The van der Waals surface area contributed by atoms with E-state index in [0.717, 1.165) is 25.0 Å². The molecule has 0 radical (unpaired) electrons. The van der Waals surface area contributed by atoms with E-state index >= 15 is 0 Å². The van der Waals surface area contributed by atoms with Gasteiger partial charge in [-0.25, -0.2) is 4.57 Å². The number of carbonyl (C=O) groups excluding carboxylic acids is 1. The number of methoxy groups -OCH3 is 1. The Morgan fingerprint density at radius 1 is 1.04 bits per heavy atom. The van der Waals surface area contributed by atoms with Crippen molar-refractivity contribution in [3.05, 3.63) is 0 Å². The maximum atomic E-state index is 11.9. The summed E-state index contributed by atoms with van der Waals surface area (Å²) in [6, 6.07) is 0. The lowest BCUT2D eigenvalue weighted by Gasteiger charge is -2.22. The van der Waals surface area contributed by atoms with Crippen molar-refractivity contribution in [3.63, 3.8) is 0 Å². The fraction of sp³-hybridized carbons (Fsp3) is 0.941. The van der Waals surface area contributed by atoms with Crippen LogP contribution in [-0.4, -0.2) is 70.7 Å². The maximum absolute atomic E-state index is 11.9. The highest BCUT2D eigenvalue weighted by atomic mass is 33.1. The summed E-state index contributed by atoms with van der Waals surface area (Å²) in [5, 5.41) is 2.87. The summed E-state index contributed by atoms with van der Waals surface area (Å²) in [6.07, 6.45) is 3.01. The molecule has 0 spiro atoms. The van der Waals surface area contributed by atoms with Gasteiger partial charge in [0.15, 0.2) is 0 Å². The fourth-order valence-electron chi connectivity index (χ4n) is 1.87. The van der Waals surface area contributed by atoms with Crippen LogP contribution in [0.5, 0.6) is 0 Å². The van der Waals surface area contributed by atoms with E-state index in [1.807, 2.05) is 0 Å². The van der Waals surface area contributed by atoms with E-state index in [-0.39, 0.29) is 10.7 Å². The van der Waals surface area contributed by atoms with Crippen molar-refractivity contribution in [3.8, 4) is 0 Å². The van der Waals surface area contributed by atoms with Crippen LogP contribution >= 0.6 is 29.4 Å². The zero-order valence-corrected chi connectivity index (χ0v) is 20.2. The molecule has 0 atom stereocenters. The van der Waals surface area contributed by atoms with Gasteiger partial charge in [-0.2, -0.15) is 0 Å². The van der Waals surface area contributed by atoms with E-state index in [1.54, 1.807) is 28.7 Å². The van der Waals surface area contributed by atoms with Crippen molar-refractivity contribution in [1.29, 1.82) is 0 Å². The van der Waals surface area contributed by atoms with Gasteiger partial charge in [-0.05, 0) is 33.1 Å². The quantitative estimate of drug-likeness (QED) is 0.175. The Morgan fingerprint density at radius 2 is 1.75 bits per heavy atom. The highest BCUT2D eigenvalue weighted by molar-refractivity contribution is 8.77. The zero-order chi connectivity index (χ0) is 21.3. The summed E-state index contributed by atoms with van der Waals surface area (Å²) in [4.78, 5) is 11.9. The second kappa shape index (κ2) is 16.9. The van der Waals surface area contributed by atoms with E-state index < -0.39 is 7.82 Å². The lowest BCUT2D eigenvalue weighted by Crippen LogP contribution is -2.29. The Balaban J connectivity index is 3.69. The van der Waals surface area contributed by atoms with Crippen molar-refractivity contribution < 1.29 is 32.4 Å². The van der Waals surface area contributed by atoms with Gasteiger partial charge in [0.05, 0.1) is 26.4 Å². The average Bonchev–Trinajstić information content (AvgIpc) is 2.68. The third kappa shape index (κ3) is 16.0. The van der Waals surface area contributed by atoms with Crippen LogP contribution in [0, 0.1) is 0 Å². The van der Waals surface area contributed by atoms with Gasteiger partial charge < -0.3 is 14.8 Å². The van der Waals surface area contributed by atoms with E-state index in [1.165, 1.54) is 14.2 Å². The molecule has 0 aliphatic heterocycles. The van der Waals surface area contributed by atoms with Crippen molar-refractivity contribution in [2.45, 2.75) is 44.3 Å². The highest BCUT2D eigenvalue weighted by Crippen LogP contribution is 2.47. The molecular formula is C17H36NO7PS2. The predicted molar refractivity (Wildman–Crippen MR) is 116 cm³/mol. The van der Waals surface area contributed by atoms with Crippen molar-refractivity contribution in [2.24, 2.45) is 0 Å². The molecule has 168 valence electrons. The molecule has 0 rings (SSSR count). The van der Waals surface area contributed by atoms with Crippen molar-refractivity contribution >= 4 is 35.3 Å². The molecule has 0 aromatic heterocycles. The van der Waals surface area contributed by atoms with Crippen molar-refractivity contribution in [1.82, 2.24) is 5.32 Å². The first-order valence-corrected chi connectivity index (χ1v) is 13.1. The lowest BCUT2D eigenvalue weighted by atomic mass is 10.1. The number of phosphoric ester groups is 1. The first-order valence-electron chi connectivity index (χ1n) is 9.28. The van der Waals surface area contributed by atoms with Crippen LogP contribution in [0.4, 0.5) is 0 Å². The number of hydrogen-bond acceptors (Lipinski definition) is 9. The predicted octanol–water partition coefficient (Wildman–Crippen LogP) is 3.90. The van der Waals surface area contributed by atoms with Crippen LogP contribution in [0.2, 0.25) is 0 Å². The Bertz CT molecular complexity index is 447. The smallest absolute Gasteiger partial charge is 0.382 e. The molecule has 0 saturated heterocycles. The van der Waals surface area contributed by atoms with Gasteiger partial charge in [0.1, 0.15) is 0 Å². The second-order valence-electron chi connectivity index (χ2n) is 6.47. The molecule has 0 heterocycles. The number of unbranched alkanes of at least 4 members (excludes halogenated alkanes) is 1. The standard InChI is InChI=1S/C17H36NO7PS2/c1-17(2,9-8-16(19)18-10-12-24-14-13-21-3)28-27-15-7-6-11-25-26(20,22-4)23-5/h6-15H2,1-5H3,(H,18,19). The number of carbonyl (C=O) groups is 1. The van der Waals surface area contributed by atoms with Gasteiger partial charge in [0, 0.05) is 44.8 Å². The number of ether oxygens (including phenoxy) is 2. The number of phosphoric acid groups is 1. The van der Waals surface area contributed by atoms with Gasteiger partial charge in [0.25, 0.3) is 0 Å². The molecule has 8 nitrogen and oxygen atoms in total. The Morgan fingerprint density at radius 3 is 2.39 bits per heavy atom.